The molecule has 2 aromatic rings. The van der Waals surface area contributed by atoms with Gasteiger partial charge >= 0.3 is 0 Å². The molecular weight excluding hydrogens is 217 g/mol. The lowest BCUT2D eigenvalue weighted by molar-refractivity contribution is 0.104. The number of rotatable bonds is 3. The molecule has 0 bridgehead atoms. The third kappa shape index (κ3) is 2.69. The van der Waals surface area contributed by atoms with Crippen LogP contribution in [-0.2, 0) is 7.05 Å². The van der Waals surface area contributed by atoms with Crippen molar-refractivity contribution in [2.45, 2.75) is 0 Å². The highest BCUT2D eigenvalue weighted by Gasteiger charge is 2.04. The van der Waals surface area contributed by atoms with Crippen LogP contribution in [0.4, 0.5) is 4.39 Å². The highest BCUT2D eigenvalue weighted by molar-refractivity contribution is 6.05. The molecule has 0 aliphatic carbocycles. The number of nitrogens with zero attached hydrogens (tertiary/aromatic N) is 1. The van der Waals surface area contributed by atoms with Crippen LogP contribution in [0.5, 0.6) is 0 Å². The van der Waals surface area contributed by atoms with Crippen molar-refractivity contribution in [2.24, 2.45) is 7.05 Å². The highest BCUT2D eigenvalue weighted by Crippen LogP contribution is 2.07. The van der Waals surface area contributed by atoms with Gasteiger partial charge in [-0.25, -0.2) is 4.39 Å². The second kappa shape index (κ2) is 4.78. The molecule has 1 aromatic heterocycles. The summed E-state index contributed by atoms with van der Waals surface area (Å²) in [6.07, 6.45) is 4.98. The van der Waals surface area contributed by atoms with Gasteiger partial charge in [-0.3, -0.25) is 4.79 Å². The van der Waals surface area contributed by atoms with Crippen LogP contribution in [0, 0.1) is 5.82 Å². The zero-order valence-corrected chi connectivity index (χ0v) is 9.43. The van der Waals surface area contributed by atoms with E-state index in [9.17, 15) is 9.18 Å². The van der Waals surface area contributed by atoms with Crippen molar-refractivity contribution < 1.29 is 9.18 Å². The van der Waals surface area contributed by atoms with E-state index in [1.807, 2.05) is 19.3 Å². The zero-order valence-electron chi connectivity index (χ0n) is 9.43. The standard InChI is InChI=1S/C14H12FNO/c1-16-10-2-3-13(16)14(17)9-6-11-4-7-12(15)8-5-11/h2-10H,1H3/b9-6+. The first-order valence-corrected chi connectivity index (χ1v) is 5.26. The molecule has 0 aliphatic rings. The van der Waals surface area contributed by atoms with E-state index in [1.165, 1.54) is 18.2 Å². The van der Waals surface area contributed by atoms with Crippen LogP contribution in [0.3, 0.4) is 0 Å². The van der Waals surface area contributed by atoms with Gasteiger partial charge in [0, 0.05) is 13.2 Å². The summed E-state index contributed by atoms with van der Waals surface area (Å²) in [6, 6.07) is 9.57. The van der Waals surface area contributed by atoms with Crippen molar-refractivity contribution in [1.82, 2.24) is 4.57 Å². The van der Waals surface area contributed by atoms with E-state index < -0.39 is 0 Å². The number of hydrogen-bond donors (Lipinski definition) is 0. The maximum absolute atomic E-state index is 12.7. The lowest BCUT2D eigenvalue weighted by Gasteiger charge is -1.97. The Bertz CT molecular complexity index is 552. The van der Waals surface area contributed by atoms with Gasteiger partial charge in [0.25, 0.3) is 0 Å². The Kier molecular flexibility index (Phi) is 3.19. The molecule has 0 saturated carbocycles. The SMILES string of the molecule is Cn1cccc1C(=O)/C=C/c1ccc(F)cc1. The summed E-state index contributed by atoms with van der Waals surface area (Å²) in [5.41, 5.74) is 1.43. The Morgan fingerprint density at radius 3 is 2.53 bits per heavy atom. The number of aromatic nitrogens is 1. The minimum atomic E-state index is -0.282. The summed E-state index contributed by atoms with van der Waals surface area (Å²) in [6.45, 7) is 0. The van der Waals surface area contributed by atoms with Gasteiger partial charge in [0.05, 0.1) is 5.69 Å². The Labute approximate surface area is 99.0 Å². The Morgan fingerprint density at radius 2 is 1.94 bits per heavy atom. The van der Waals surface area contributed by atoms with Crippen molar-refractivity contribution in [3.05, 3.63) is 65.7 Å². The molecule has 0 spiro atoms. The van der Waals surface area contributed by atoms with E-state index in [-0.39, 0.29) is 11.6 Å². The van der Waals surface area contributed by atoms with Crippen molar-refractivity contribution >= 4 is 11.9 Å². The average molecular weight is 229 g/mol. The van der Waals surface area contributed by atoms with Crippen molar-refractivity contribution in [3.63, 3.8) is 0 Å². The number of benzene rings is 1. The number of ketones is 1. The van der Waals surface area contributed by atoms with Crippen molar-refractivity contribution in [3.8, 4) is 0 Å². The summed E-state index contributed by atoms with van der Waals surface area (Å²) in [5.74, 6) is -0.349. The second-order valence-corrected chi connectivity index (χ2v) is 3.75. The molecule has 3 heteroatoms. The Morgan fingerprint density at radius 1 is 1.24 bits per heavy atom. The van der Waals surface area contributed by atoms with E-state index >= 15 is 0 Å². The number of hydrogen-bond acceptors (Lipinski definition) is 1. The predicted octanol–water partition coefficient (Wildman–Crippen LogP) is 3.06. The summed E-state index contributed by atoms with van der Waals surface area (Å²) >= 11 is 0. The molecule has 0 radical (unpaired) electrons. The maximum Gasteiger partial charge on any atom is 0.202 e. The van der Waals surface area contributed by atoms with E-state index in [0.717, 1.165) is 5.56 Å². The first-order chi connectivity index (χ1) is 8.16. The first kappa shape index (κ1) is 11.3. The summed E-state index contributed by atoms with van der Waals surface area (Å²) in [5, 5.41) is 0. The van der Waals surface area contributed by atoms with Gasteiger partial charge in [-0.15, -0.1) is 0 Å². The molecule has 0 unspecified atom stereocenters. The fourth-order valence-electron chi connectivity index (χ4n) is 1.55. The van der Waals surface area contributed by atoms with Crippen LogP contribution in [0.25, 0.3) is 6.08 Å². The molecular formula is C14H12FNO. The van der Waals surface area contributed by atoms with Crippen LogP contribution in [0.1, 0.15) is 16.1 Å². The van der Waals surface area contributed by atoms with Gasteiger partial charge < -0.3 is 4.57 Å². The number of carbonyl (C=O) groups excluding carboxylic acids is 1. The van der Waals surface area contributed by atoms with Crippen LogP contribution >= 0.6 is 0 Å². The number of halogens is 1. The molecule has 0 saturated heterocycles. The van der Waals surface area contributed by atoms with Crippen LogP contribution in [-0.4, -0.2) is 10.4 Å². The van der Waals surface area contributed by atoms with E-state index in [0.29, 0.717) is 5.69 Å². The van der Waals surface area contributed by atoms with Gasteiger partial charge in [-0.1, -0.05) is 18.2 Å². The van der Waals surface area contributed by atoms with Gasteiger partial charge in [-0.05, 0) is 35.9 Å². The third-order valence-corrected chi connectivity index (χ3v) is 2.49. The average Bonchev–Trinajstić information content (AvgIpc) is 2.74. The van der Waals surface area contributed by atoms with Crippen LogP contribution in [0.2, 0.25) is 0 Å². The minimum Gasteiger partial charge on any atom is -0.348 e. The lowest BCUT2D eigenvalue weighted by Crippen LogP contribution is -2.01. The molecule has 2 rings (SSSR count). The van der Waals surface area contributed by atoms with Gasteiger partial charge in [0.1, 0.15) is 5.82 Å². The Balaban J connectivity index is 2.14. The molecule has 1 heterocycles. The number of carbonyl (C=O) groups is 1. The quantitative estimate of drug-likeness (QED) is 0.585. The fourth-order valence-corrected chi connectivity index (χ4v) is 1.55. The summed E-state index contributed by atoms with van der Waals surface area (Å²) in [4.78, 5) is 11.8. The number of allylic oxidation sites excluding steroid dienone is 1. The van der Waals surface area contributed by atoms with Crippen LogP contribution < -0.4 is 0 Å². The molecule has 0 fully saturated rings. The van der Waals surface area contributed by atoms with E-state index in [1.54, 1.807) is 28.8 Å². The van der Waals surface area contributed by atoms with Crippen molar-refractivity contribution in [1.29, 1.82) is 0 Å². The Hall–Kier alpha value is -2.16. The highest BCUT2D eigenvalue weighted by atomic mass is 19.1. The maximum atomic E-state index is 12.7. The fraction of sp³-hybridized carbons (Fsp3) is 0.0714. The van der Waals surface area contributed by atoms with E-state index in [2.05, 4.69) is 0 Å². The molecule has 86 valence electrons. The molecule has 0 atom stereocenters. The second-order valence-electron chi connectivity index (χ2n) is 3.75. The topological polar surface area (TPSA) is 22.0 Å². The lowest BCUT2D eigenvalue weighted by atomic mass is 10.2. The zero-order chi connectivity index (χ0) is 12.3. The predicted molar refractivity (Wildman–Crippen MR) is 65.2 cm³/mol. The van der Waals surface area contributed by atoms with Crippen LogP contribution in [0.15, 0.2) is 48.7 Å². The normalized spacial score (nSPS) is 10.9. The minimum absolute atomic E-state index is 0.0678. The smallest absolute Gasteiger partial charge is 0.202 e. The summed E-state index contributed by atoms with van der Waals surface area (Å²) < 4.78 is 14.4. The molecule has 1 aromatic carbocycles. The third-order valence-electron chi connectivity index (χ3n) is 2.49. The summed E-state index contributed by atoms with van der Waals surface area (Å²) in [7, 11) is 1.82. The number of aryl methyl sites for hydroxylation is 1. The van der Waals surface area contributed by atoms with E-state index in [4.69, 9.17) is 0 Å². The molecule has 0 N–H and O–H groups in total. The molecule has 17 heavy (non-hydrogen) atoms. The molecule has 0 aliphatic heterocycles. The molecule has 2 nitrogen and oxygen atoms in total. The molecule has 0 amide bonds. The van der Waals surface area contributed by atoms with Crippen molar-refractivity contribution in [2.75, 3.05) is 0 Å². The van der Waals surface area contributed by atoms with Gasteiger partial charge in [0.2, 0.25) is 5.78 Å². The first-order valence-electron chi connectivity index (χ1n) is 5.26. The monoisotopic (exact) mass is 229 g/mol. The van der Waals surface area contributed by atoms with Gasteiger partial charge in [-0.2, -0.15) is 0 Å². The largest absolute Gasteiger partial charge is 0.348 e. The van der Waals surface area contributed by atoms with Gasteiger partial charge in [0.15, 0.2) is 0 Å².